The number of hydrogen-bond donors (Lipinski definition) is 1. The number of hydrogen-bond acceptors (Lipinski definition) is 3. The molecule has 0 radical (unpaired) electrons. The minimum absolute atomic E-state index is 0.259. The van der Waals surface area contributed by atoms with Gasteiger partial charge in [0.2, 0.25) is 10.0 Å². The Morgan fingerprint density at radius 2 is 1.81 bits per heavy atom. The molecular weight excluding hydrogens is 226 g/mol. The van der Waals surface area contributed by atoms with E-state index in [1.807, 2.05) is 26.8 Å². The monoisotopic (exact) mass is 245 g/mol. The van der Waals surface area contributed by atoms with Crippen molar-refractivity contribution in [2.45, 2.75) is 45.9 Å². The van der Waals surface area contributed by atoms with Gasteiger partial charge in [-0.1, -0.05) is 0 Å². The van der Waals surface area contributed by atoms with Crippen molar-refractivity contribution in [1.29, 1.82) is 0 Å². The molecule has 4 nitrogen and oxygen atoms in total. The van der Waals surface area contributed by atoms with E-state index in [0.29, 0.717) is 0 Å². The lowest BCUT2D eigenvalue weighted by Gasteiger charge is -2.15. The van der Waals surface area contributed by atoms with E-state index >= 15 is 0 Å². The summed E-state index contributed by atoms with van der Waals surface area (Å²) in [5, 5.41) is -0.428. The first-order valence-electron chi connectivity index (χ1n) is 5.32. The van der Waals surface area contributed by atoms with Crippen LogP contribution in [0, 0.1) is 13.8 Å². The Morgan fingerprint density at radius 3 is 2.19 bits per heavy atom. The molecule has 1 aromatic rings. The maximum Gasteiger partial charge on any atom is 0.214 e. The molecule has 0 bridgehead atoms. The summed E-state index contributed by atoms with van der Waals surface area (Å²) in [6, 6.07) is 1.60. The molecule has 5 heteroatoms. The maximum absolute atomic E-state index is 11.7. The van der Waals surface area contributed by atoms with Gasteiger partial charge < -0.3 is 4.42 Å². The molecule has 1 heterocycles. The summed E-state index contributed by atoms with van der Waals surface area (Å²) < 4.78 is 31.4. The number of sulfonamides is 1. The van der Waals surface area contributed by atoms with Crippen molar-refractivity contribution in [1.82, 2.24) is 4.72 Å². The predicted octanol–water partition coefficient (Wildman–Crippen LogP) is 2.29. The van der Waals surface area contributed by atoms with E-state index in [0.717, 1.165) is 17.1 Å². The van der Waals surface area contributed by atoms with Gasteiger partial charge in [0.1, 0.15) is 11.5 Å². The molecule has 1 aromatic heterocycles. The second kappa shape index (κ2) is 4.59. The van der Waals surface area contributed by atoms with Crippen LogP contribution in [0.5, 0.6) is 0 Å². The molecule has 0 fully saturated rings. The Hall–Kier alpha value is -0.810. The van der Waals surface area contributed by atoms with Gasteiger partial charge >= 0.3 is 0 Å². The highest BCUT2D eigenvalue weighted by Crippen LogP contribution is 2.22. The van der Waals surface area contributed by atoms with E-state index in [2.05, 4.69) is 4.72 Å². The molecule has 0 aromatic carbocycles. The molecule has 1 N–H and O–H groups in total. The van der Waals surface area contributed by atoms with Crippen LogP contribution in [-0.4, -0.2) is 13.7 Å². The predicted molar refractivity (Wildman–Crippen MR) is 63.8 cm³/mol. The molecule has 92 valence electrons. The zero-order valence-electron chi connectivity index (χ0n) is 10.4. The quantitative estimate of drug-likeness (QED) is 0.885. The third-order valence-corrected chi connectivity index (χ3v) is 4.43. The Morgan fingerprint density at radius 1 is 1.25 bits per heavy atom. The summed E-state index contributed by atoms with van der Waals surface area (Å²) >= 11 is 0. The third kappa shape index (κ3) is 2.86. The van der Waals surface area contributed by atoms with E-state index < -0.39 is 15.3 Å². The van der Waals surface area contributed by atoms with Gasteiger partial charge in [-0.15, -0.1) is 0 Å². The lowest BCUT2D eigenvalue weighted by Crippen LogP contribution is -2.32. The standard InChI is InChI=1S/C11H19NO3S/c1-7(2)16(13,14)12-9(4)11-6-8(3)15-10(11)5/h6-7,9,12H,1-5H3. The first-order valence-corrected chi connectivity index (χ1v) is 6.86. The van der Waals surface area contributed by atoms with Gasteiger partial charge in [-0.05, 0) is 40.7 Å². The van der Waals surface area contributed by atoms with Crippen LogP contribution < -0.4 is 4.72 Å². The molecule has 0 aliphatic carbocycles. The number of aryl methyl sites for hydroxylation is 2. The molecule has 0 saturated carbocycles. The Bertz CT molecular complexity index is 460. The minimum atomic E-state index is -3.24. The van der Waals surface area contributed by atoms with Gasteiger partial charge in [0, 0.05) is 11.6 Å². The summed E-state index contributed by atoms with van der Waals surface area (Å²) in [6.45, 7) is 8.81. The molecule has 0 aliphatic rings. The maximum atomic E-state index is 11.7. The SMILES string of the molecule is Cc1cc(C(C)NS(=O)(=O)C(C)C)c(C)o1. The van der Waals surface area contributed by atoms with Crippen molar-refractivity contribution >= 4 is 10.0 Å². The molecule has 0 amide bonds. The highest BCUT2D eigenvalue weighted by atomic mass is 32.2. The molecule has 0 saturated heterocycles. The highest BCUT2D eigenvalue weighted by molar-refractivity contribution is 7.90. The van der Waals surface area contributed by atoms with Gasteiger partial charge in [-0.3, -0.25) is 0 Å². The fourth-order valence-corrected chi connectivity index (χ4v) is 2.42. The first-order chi connectivity index (χ1) is 7.24. The summed E-state index contributed by atoms with van der Waals surface area (Å²) in [7, 11) is -3.24. The van der Waals surface area contributed by atoms with Gasteiger partial charge in [0.15, 0.2) is 0 Å². The van der Waals surface area contributed by atoms with E-state index in [1.165, 1.54) is 0 Å². The normalized spacial score (nSPS) is 14.4. The Labute approximate surface area is 97.1 Å². The summed E-state index contributed by atoms with van der Waals surface area (Å²) in [5.41, 5.74) is 0.890. The van der Waals surface area contributed by atoms with Crippen LogP contribution in [0.3, 0.4) is 0 Å². The lowest BCUT2D eigenvalue weighted by molar-refractivity contribution is 0.496. The molecule has 0 spiro atoms. The van der Waals surface area contributed by atoms with E-state index in [4.69, 9.17) is 4.42 Å². The van der Waals surface area contributed by atoms with Crippen molar-refractivity contribution < 1.29 is 12.8 Å². The molecular formula is C11H19NO3S. The van der Waals surface area contributed by atoms with Gasteiger partial charge in [-0.2, -0.15) is 0 Å². The summed E-state index contributed by atoms with van der Waals surface area (Å²) in [5.74, 6) is 1.56. The molecule has 1 atom stereocenters. The van der Waals surface area contributed by atoms with E-state index in [9.17, 15) is 8.42 Å². The zero-order valence-corrected chi connectivity index (χ0v) is 11.2. The van der Waals surface area contributed by atoms with Crippen molar-refractivity contribution in [3.8, 4) is 0 Å². The van der Waals surface area contributed by atoms with Crippen LogP contribution in [0.15, 0.2) is 10.5 Å². The smallest absolute Gasteiger partial charge is 0.214 e. The van der Waals surface area contributed by atoms with E-state index in [-0.39, 0.29) is 6.04 Å². The van der Waals surface area contributed by atoms with Crippen LogP contribution in [0.4, 0.5) is 0 Å². The highest BCUT2D eigenvalue weighted by Gasteiger charge is 2.21. The van der Waals surface area contributed by atoms with Gasteiger partial charge in [0.05, 0.1) is 5.25 Å². The molecule has 16 heavy (non-hydrogen) atoms. The molecule has 1 unspecified atom stereocenters. The lowest BCUT2D eigenvalue weighted by atomic mass is 10.1. The van der Waals surface area contributed by atoms with Crippen molar-refractivity contribution in [3.05, 3.63) is 23.2 Å². The van der Waals surface area contributed by atoms with Crippen molar-refractivity contribution in [2.75, 3.05) is 0 Å². The molecule has 0 aliphatic heterocycles. The van der Waals surface area contributed by atoms with Crippen LogP contribution in [0.25, 0.3) is 0 Å². The number of furan rings is 1. The van der Waals surface area contributed by atoms with Crippen LogP contribution in [0.1, 0.15) is 43.9 Å². The summed E-state index contributed by atoms with van der Waals surface area (Å²) in [6.07, 6.45) is 0. The second-order valence-electron chi connectivity index (χ2n) is 4.30. The van der Waals surface area contributed by atoms with Crippen LogP contribution in [-0.2, 0) is 10.0 Å². The Balaban J connectivity index is 2.89. The first kappa shape index (κ1) is 13.3. The third-order valence-electron chi connectivity index (χ3n) is 2.51. The van der Waals surface area contributed by atoms with Crippen LogP contribution >= 0.6 is 0 Å². The van der Waals surface area contributed by atoms with Gasteiger partial charge in [-0.25, -0.2) is 13.1 Å². The zero-order chi connectivity index (χ0) is 12.5. The largest absolute Gasteiger partial charge is 0.466 e. The average molecular weight is 245 g/mol. The fraction of sp³-hybridized carbons (Fsp3) is 0.636. The fourth-order valence-electron chi connectivity index (χ4n) is 1.53. The van der Waals surface area contributed by atoms with E-state index in [1.54, 1.807) is 13.8 Å². The average Bonchev–Trinajstić information content (AvgIpc) is 2.44. The topological polar surface area (TPSA) is 59.3 Å². The molecule has 1 rings (SSSR count). The van der Waals surface area contributed by atoms with Crippen molar-refractivity contribution in [2.24, 2.45) is 0 Å². The Kier molecular flexibility index (Phi) is 3.80. The van der Waals surface area contributed by atoms with Gasteiger partial charge in [0.25, 0.3) is 0 Å². The number of nitrogens with one attached hydrogen (secondary N) is 1. The van der Waals surface area contributed by atoms with Crippen LogP contribution in [0.2, 0.25) is 0 Å². The van der Waals surface area contributed by atoms with Crippen molar-refractivity contribution in [3.63, 3.8) is 0 Å². The number of rotatable bonds is 4. The minimum Gasteiger partial charge on any atom is -0.466 e. The summed E-state index contributed by atoms with van der Waals surface area (Å²) in [4.78, 5) is 0. The second-order valence-corrected chi connectivity index (χ2v) is 6.57.